The Bertz CT molecular complexity index is 116. The van der Waals surface area contributed by atoms with Gasteiger partial charge in [0.05, 0.1) is 19.3 Å². The minimum Gasteiger partial charge on any atom is -0.482 e. The summed E-state index contributed by atoms with van der Waals surface area (Å²) in [4.78, 5) is 0. The maximum Gasteiger partial charge on any atom is 0.194 e. The lowest BCUT2D eigenvalue weighted by Crippen LogP contribution is -1.97. The molecule has 0 radical (unpaired) electrons. The highest BCUT2D eigenvalue weighted by Crippen LogP contribution is 1.77. The van der Waals surface area contributed by atoms with Crippen LogP contribution in [-0.2, 0) is 4.74 Å². The van der Waals surface area contributed by atoms with E-state index in [1.165, 1.54) is 7.11 Å². The molecule has 0 rings (SSSR count). The van der Waals surface area contributed by atoms with E-state index in [-0.39, 0.29) is 18.3 Å². The number of methoxy groups -OCH3 is 1. The van der Waals surface area contributed by atoms with Gasteiger partial charge in [-0.15, -0.1) is 12.4 Å². The number of ether oxygens (including phenoxy) is 1. The summed E-state index contributed by atoms with van der Waals surface area (Å²) in [6.45, 7) is 0. The van der Waals surface area contributed by atoms with Crippen molar-refractivity contribution in [1.29, 1.82) is 5.26 Å². The summed E-state index contributed by atoms with van der Waals surface area (Å²) in [5, 5.41) is 7.88. The van der Waals surface area contributed by atoms with Gasteiger partial charge in [-0.05, 0) is 0 Å². The molecule has 8 heavy (non-hydrogen) atoms. The molecule has 0 bridgehead atoms. The molecule has 3 nitrogen and oxygen atoms in total. The van der Waals surface area contributed by atoms with Gasteiger partial charge in [-0.3, -0.25) is 0 Å². The summed E-state index contributed by atoms with van der Waals surface area (Å²) in [7, 11) is 1.41. The Morgan fingerprint density at radius 1 is 1.88 bits per heavy atom. The molecule has 0 fully saturated rings. The second kappa shape index (κ2) is 6.12. The SMILES string of the molecule is CO/C(N)=C\C#N.Cl. The Morgan fingerprint density at radius 2 is 2.38 bits per heavy atom. The molecular weight excluding hydrogens is 128 g/mol. The number of hydrogen-bond donors (Lipinski definition) is 1. The fraction of sp³-hybridized carbons (Fsp3) is 0.250. The largest absolute Gasteiger partial charge is 0.482 e. The van der Waals surface area contributed by atoms with Crippen LogP contribution in [0.15, 0.2) is 12.0 Å². The lowest BCUT2D eigenvalue weighted by molar-refractivity contribution is 0.288. The predicted octanol–water partition coefficient (Wildman–Crippen LogP) is 0.378. The summed E-state index contributed by atoms with van der Waals surface area (Å²) < 4.78 is 4.41. The molecule has 2 N–H and O–H groups in total. The fourth-order valence-electron chi connectivity index (χ4n) is 0.123. The summed E-state index contributed by atoms with van der Waals surface area (Å²) in [5.41, 5.74) is 5.00. The third kappa shape index (κ3) is 5.12. The van der Waals surface area contributed by atoms with Crippen LogP contribution in [0, 0.1) is 11.3 Å². The van der Waals surface area contributed by atoms with Crippen molar-refractivity contribution in [3.8, 4) is 6.07 Å². The number of allylic oxidation sites excluding steroid dienone is 1. The summed E-state index contributed by atoms with van der Waals surface area (Å²) in [5.74, 6) is 0.141. The van der Waals surface area contributed by atoms with Crippen molar-refractivity contribution in [2.24, 2.45) is 5.73 Å². The molecule has 0 unspecified atom stereocenters. The molecule has 0 spiro atoms. The van der Waals surface area contributed by atoms with Crippen molar-refractivity contribution in [3.05, 3.63) is 12.0 Å². The predicted molar refractivity (Wildman–Crippen MR) is 32.1 cm³/mol. The maximum atomic E-state index is 7.88. The molecule has 0 atom stereocenters. The van der Waals surface area contributed by atoms with Crippen LogP contribution in [0.5, 0.6) is 0 Å². The van der Waals surface area contributed by atoms with E-state index in [9.17, 15) is 0 Å². The number of hydrogen-bond acceptors (Lipinski definition) is 3. The van der Waals surface area contributed by atoms with E-state index in [2.05, 4.69) is 4.74 Å². The van der Waals surface area contributed by atoms with E-state index in [0.717, 1.165) is 6.08 Å². The zero-order valence-electron chi connectivity index (χ0n) is 4.42. The molecule has 4 heteroatoms. The van der Waals surface area contributed by atoms with Crippen LogP contribution in [0.4, 0.5) is 0 Å². The molecule has 0 aliphatic heterocycles. The first-order valence-electron chi connectivity index (χ1n) is 1.70. The van der Waals surface area contributed by atoms with Crippen molar-refractivity contribution in [1.82, 2.24) is 0 Å². The van der Waals surface area contributed by atoms with Crippen LogP contribution < -0.4 is 5.73 Å². The summed E-state index contributed by atoms with van der Waals surface area (Å²) in [6, 6.07) is 1.71. The van der Waals surface area contributed by atoms with Crippen LogP contribution in [-0.4, -0.2) is 7.11 Å². The number of nitrogens with zero attached hydrogens (tertiary/aromatic N) is 1. The van der Waals surface area contributed by atoms with Crippen LogP contribution >= 0.6 is 12.4 Å². The van der Waals surface area contributed by atoms with E-state index in [1.807, 2.05) is 0 Å². The molecule has 0 aromatic heterocycles. The average Bonchev–Trinajstić information content (AvgIpc) is 1.68. The number of nitrogens with two attached hydrogens (primary N) is 1. The minimum absolute atomic E-state index is 0. The monoisotopic (exact) mass is 134 g/mol. The second-order valence-corrected chi connectivity index (χ2v) is 0.880. The molecule has 0 aromatic rings. The van der Waals surface area contributed by atoms with Gasteiger partial charge in [0.2, 0.25) is 0 Å². The van der Waals surface area contributed by atoms with E-state index < -0.39 is 0 Å². The Hall–Kier alpha value is -0.880. The summed E-state index contributed by atoms with van der Waals surface area (Å²) >= 11 is 0. The second-order valence-electron chi connectivity index (χ2n) is 0.880. The van der Waals surface area contributed by atoms with Crippen molar-refractivity contribution in [3.63, 3.8) is 0 Å². The normalized spacial score (nSPS) is 8.75. The van der Waals surface area contributed by atoms with Gasteiger partial charge in [0.1, 0.15) is 0 Å². The zero-order valence-corrected chi connectivity index (χ0v) is 5.23. The first kappa shape index (κ1) is 10.2. The molecule has 0 aliphatic carbocycles. The lowest BCUT2D eigenvalue weighted by Gasteiger charge is -1.90. The molecule has 0 aromatic carbocycles. The Kier molecular flexibility index (Phi) is 7.78. The molecule has 0 heterocycles. The van der Waals surface area contributed by atoms with Crippen LogP contribution in [0.1, 0.15) is 0 Å². The highest BCUT2D eigenvalue weighted by atomic mass is 35.5. The first-order valence-corrected chi connectivity index (χ1v) is 1.70. The molecule has 0 saturated heterocycles. The van der Waals surface area contributed by atoms with Gasteiger partial charge < -0.3 is 10.5 Å². The van der Waals surface area contributed by atoms with Crippen LogP contribution in [0.25, 0.3) is 0 Å². The number of nitriles is 1. The van der Waals surface area contributed by atoms with E-state index in [0.29, 0.717) is 0 Å². The van der Waals surface area contributed by atoms with Gasteiger partial charge in [-0.25, -0.2) is 0 Å². The van der Waals surface area contributed by atoms with E-state index in [1.54, 1.807) is 6.07 Å². The first-order chi connectivity index (χ1) is 3.31. The van der Waals surface area contributed by atoms with E-state index >= 15 is 0 Å². The number of halogens is 1. The van der Waals surface area contributed by atoms with Crippen molar-refractivity contribution >= 4 is 12.4 Å². The smallest absolute Gasteiger partial charge is 0.194 e. The maximum absolute atomic E-state index is 7.88. The third-order valence-corrected chi connectivity index (χ3v) is 0.443. The summed E-state index contributed by atoms with van der Waals surface area (Å²) in [6.07, 6.45) is 1.12. The van der Waals surface area contributed by atoms with Gasteiger partial charge in [-0.2, -0.15) is 5.26 Å². The van der Waals surface area contributed by atoms with Crippen molar-refractivity contribution < 1.29 is 4.74 Å². The Balaban J connectivity index is 0. The molecular formula is C4H7ClN2O. The van der Waals surface area contributed by atoms with Gasteiger partial charge >= 0.3 is 0 Å². The zero-order chi connectivity index (χ0) is 5.70. The Morgan fingerprint density at radius 3 is 2.50 bits per heavy atom. The highest BCUT2D eigenvalue weighted by Gasteiger charge is 1.76. The lowest BCUT2D eigenvalue weighted by atomic mass is 10.6. The quantitative estimate of drug-likeness (QED) is 0.417. The van der Waals surface area contributed by atoms with Crippen LogP contribution in [0.2, 0.25) is 0 Å². The Labute approximate surface area is 54.1 Å². The highest BCUT2D eigenvalue weighted by molar-refractivity contribution is 5.85. The van der Waals surface area contributed by atoms with Crippen molar-refractivity contribution in [2.75, 3.05) is 7.11 Å². The van der Waals surface area contributed by atoms with Crippen LogP contribution in [0.3, 0.4) is 0 Å². The average molecular weight is 135 g/mol. The van der Waals surface area contributed by atoms with Gasteiger partial charge in [-0.1, -0.05) is 0 Å². The molecule has 0 amide bonds. The molecule has 0 saturated carbocycles. The third-order valence-electron chi connectivity index (χ3n) is 0.443. The van der Waals surface area contributed by atoms with Gasteiger partial charge in [0.15, 0.2) is 5.88 Å². The van der Waals surface area contributed by atoms with E-state index in [4.69, 9.17) is 11.0 Å². The van der Waals surface area contributed by atoms with Gasteiger partial charge in [0.25, 0.3) is 0 Å². The fourth-order valence-corrected chi connectivity index (χ4v) is 0.123. The van der Waals surface area contributed by atoms with Crippen molar-refractivity contribution in [2.45, 2.75) is 0 Å². The standard InChI is InChI=1S/C4H6N2O.ClH/c1-7-4(6)2-3-5;/h2H,6H2,1H3;1H/b4-2-;. The minimum atomic E-state index is 0. The topological polar surface area (TPSA) is 59.0 Å². The van der Waals surface area contributed by atoms with Gasteiger partial charge in [0, 0.05) is 0 Å². The number of rotatable bonds is 1. The molecule has 46 valence electrons. The molecule has 0 aliphatic rings.